The first-order valence-electron chi connectivity index (χ1n) is 9.58. The van der Waals surface area contributed by atoms with Crippen LogP contribution in [0.4, 0.5) is 0 Å². The van der Waals surface area contributed by atoms with Crippen LogP contribution in [0.5, 0.6) is 5.19 Å². The highest BCUT2D eigenvalue weighted by molar-refractivity contribution is 7.20. The standard InChI is InChI=1S/C22H24N2O2S/c25-21(11-10-17-6-2-1-3-7-17)24-14-12-18(13-15-24)16-26-22-23-19-8-4-5-9-20(19)27-22/h1-9,18H,10-16H2. The van der Waals surface area contributed by atoms with Gasteiger partial charge in [-0.05, 0) is 42.9 Å². The van der Waals surface area contributed by atoms with Crippen molar-refractivity contribution < 1.29 is 9.53 Å². The SMILES string of the molecule is O=C(CCc1ccccc1)N1CCC(COc2nc3ccccc3s2)CC1. The normalized spacial score (nSPS) is 15.2. The minimum absolute atomic E-state index is 0.268. The molecule has 4 rings (SSSR count). The van der Waals surface area contributed by atoms with Gasteiger partial charge in [-0.1, -0.05) is 53.8 Å². The lowest BCUT2D eigenvalue weighted by atomic mass is 9.97. The maximum absolute atomic E-state index is 12.4. The second kappa shape index (κ2) is 8.53. The van der Waals surface area contributed by atoms with Crippen molar-refractivity contribution in [3.8, 4) is 5.19 Å². The highest BCUT2D eigenvalue weighted by Crippen LogP contribution is 2.28. The van der Waals surface area contributed by atoms with Gasteiger partial charge in [0, 0.05) is 19.5 Å². The Bertz CT molecular complexity index is 852. The first-order valence-corrected chi connectivity index (χ1v) is 10.4. The summed E-state index contributed by atoms with van der Waals surface area (Å²) >= 11 is 1.60. The number of piperidine rings is 1. The van der Waals surface area contributed by atoms with Crippen LogP contribution < -0.4 is 4.74 Å². The third-order valence-corrected chi connectivity index (χ3v) is 6.10. The molecule has 1 saturated heterocycles. The Morgan fingerprint density at radius 3 is 2.59 bits per heavy atom. The summed E-state index contributed by atoms with van der Waals surface area (Å²) in [5.74, 6) is 0.764. The number of aryl methyl sites for hydroxylation is 1. The minimum Gasteiger partial charge on any atom is -0.470 e. The van der Waals surface area contributed by atoms with Gasteiger partial charge in [0.15, 0.2) is 0 Å². The average Bonchev–Trinajstić information content (AvgIpc) is 3.15. The van der Waals surface area contributed by atoms with Crippen molar-refractivity contribution in [3.63, 3.8) is 0 Å². The molecule has 0 saturated carbocycles. The van der Waals surface area contributed by atoms with Crippen molar-refractivity contribution in [3.05, 3.63) is 60.2 Å². The van der Waals surface area contributed by atoms with E-state index in [0.29, 0.717) is 18.9 Å². The Hall–Kier alpha value is -2.40. The van der Waals surface area contributed by atoms with Crippen LogP contribution in [-0.2, 0) is 11.2 Å². The van der Waals surface area contributed by atoms with Crippen molar-refractivity contribution in [2.45, 2.75) is 25.7 Å². The molecule has 1 aliphatic rings. The van der Waals surface area contributed by atoms with E-state index in [2.05, 4.69) is 23.2 Å². The maximum atomic E-state index is 12.4. The fourth-order valence-corrected chi connectivity index (χ4v) is 4.33. The monoisotopic (exact) mass is 380 g/mol. The lowest BCUT2D eigenvalue weighted by molar-refractivity contribution is -0.132. The molecule has 0 bridgehead atoms. The van der Waals surface area contributed by atoms with E-state index >= 15 is 0 Å². The lowest BCUT2D eigenvalue weighted by Gasteiger charge is -2.31. The molecule has 0 radical (unpaired) electrons. The van der Waals surface area contributed by atoms with Crippen molar-refractivity contribution >= 4 is 27.5 Å². The fourth-order valence-electron chi connectivity index (χ4n) is 3.51. The number of para-hydroxylation sites is 1. The molecule has 1 amide bonds. The molecule has 27 heavy (non-hydrogen) atoms. The molecule has 1 fully saturated rings. The molecule has 0 unspecified atom stereocenters. The van der Waals surface area contributed by atoms with E-state index in [1.807, 2.05) is 41.3 Å². The fraction of sp³-hybridized carbons (Fsp3) is 0.364. The van der Waals surface area contributed by atoms with E-state index < -0.39 is 0 Å². The molecule has 1 aromatic heterocycles. The van der Waals surface area contributed by atoms with Gasteiger partial charge >= 0.3 is 0 Å². The first kappa shape index (κ1) is 18.0. The number of hydrogen-bond donors (Lipinski definition) is 0. The van der Waals surface area contributed by atoms with Gasteiger partial charge in [0.25, 0.3) is 5.19 Å². The van der Waals surface area contributed by atoms with Crippen LogP contribution in [-0.4, -0.2) is 35.5 Å². The first-order chi connectivity index (χ1) is 13.3. The van der Waals surface area contributed by atoms with E-state index in [0.717, 1.165) is 47.8 Å². The summed E-state index contributed by atoms with van der Waals surface area (Å²) < 4.78 is 7.09. The molecule has 2 heterocycles. The van der Waals surface area contributed by atoms with Gasteiger partial charge in [0.1, 0.15) is 0 Å². The number of likely N-dealkylation sites (tertiary alicyclic amines) is 1. The van der Waals surface area contributed by atoms with Crippen molar-refractivity contribution in [2.75, 3.05) is 19.7 Å². The van der Waals surface area contributed by atoms with Gasteiger partial charge < -0.3 is 9.64 Å². The van der Waals surface area contributed by atoms with Gasteiger partial charge in [-0.15, -0.1) is 0 Å². The molecular weight excluding hydrogens is 356 g/mol. The Morgan fingerprint density at radius 1 is 1.07 bits per heavy atom. The van der Waals surface area contributed by atoms with Crippen LogP contribution in [0.25, 0.3) is 10.2 Å². The molecule has 0 atom stereocenters. The molecule has 2 aromatic carbocycles. The third kappa shape index (κ3) is 4.66. The summed E-state index contributed by atoms with van der Waals surface area (Å²) in [5.41, 5.74) is 2.22. The van der Waals surface area contributed by atoms with Gasteiger partial charge in [0.2, 0.25) is 5.91 Å². The van der Waals surface area contributed by atoms with Crippen molar-refractivity contribution in [1.29, 1.82) is 0 Å². The zero-order valence-electron chi connectivity index (χ0n) is 15.3. The highest BCUT2D eigenvalue weighted by atomic mass is 32.1. The number of ether oxygens (including phenoxy) is 1. The second-order valence-electron chi connectivity index (χ2n) is 7.07. The zero-order valence-corrected chi connectivity index (χ0v) is 16.2. The minimum atomic E-state index is 0.268. The number of fused-ring (bicyclic) bond motifs is 1. The Morgan fingerprint density at radius 2 is 1.81 bits per heavy atom. The Kier molecular flexibility index (Phi) is 5.68. The molecule has 3 aromatic rings. The number of thiazole rings is 1. The molecule has 0 spiro atoms. The van der Waals surface area contributed by atoms with Crippen LogP contribution >= 0.6 is 11.3 Å². The number of rotatable bonds is 6. The maximum Gasteiger partial charge on any atom is 0.274 e. The molecular formula is C22H24N2O2S. The van der Waals surface area contributed by atoms with Gasteiger partial charge in [-0.3, -0.25) is 4.79 Å². The number of hydrogen-bond acceptors (Lipinski definition) is 4. The molecule has 0 N–H and O–H groups in total. The second-order valence-corrected chi connectivity index (χ2v) is 8.06. The smallest absolute Gasteiger partial charge is 0.274 e. The zero-order chi connectivity index (χ0) is 18.5. The van der Waals surface area contributed by atoms with Crippen LogP contribution in [0.15, 0.2) is 54.6 Å². The van der Waals surface area contributed by atoms with Crippen molar-refractivity contribution in [1.82, 2.24) is 9.88 Å². The molecule has 1 aliphatic heterocycles. The summed E-state index contributed by atoms with van der Waals surface area (Å²) in [7, 11) is 0. The van der Waals surface area contributed by atoms with Gasteiger partial charge in [0.05, 0.1) is 16.8 Å². The summed E-state index contributed by atoms with van der Waals surface area (Å²) in [5, 5.41) is 0.748. The topological polar surface area (TPSA) is 42.4 Å². The lowest BCUT2D eigenvalue weighted by Crippen LogP contribution is -2.39. The quantitative estimate of drug-likeness (QED) is 0.630. The largest absolute Gasteiger partial charge is 0.470 e. The molecule has 5 heteroatoms. The van der Waals surface area contributed by atoms with E-state index in [4.69, 9.17) is 4.74 Å². The number of carbonyl (C=O) groups is 1. The Labute approximate surface area is 163 Å². The summed E-state index contributed by atoms with van der Waals surface area (Å²) in [6, 6.07) is 18.3. The van der Waals surface area contributed by atoms with Crippen LogP contribution in [0, 0.1) is 5.92 Å². The molecule has 4 nitrogen and oxygen atoms in total. The molecule has 0 aliphatic carbocycles. The van der Waals surface area contributed by atoms with E-state index in [1.165, 1.54) is 5.56 Å². The van der Waals surface area contributed by atoms with Crippen LogP contribution in [0.1, 0.15) is 24.8 Å². The highest BCUT2D eigenvalue weighted by Gasteiger charge is 2.23. The van der Waals surface area contributed by atoms with Crippen LogP contribution in [0.3, 0.4) is 0 Å². The van der Waals surface area contributed by atoms with E-state index in [-0.39, 0.29) is 5.91 Å². The predicted octanol–water partition coefficient (Wildman–Crippen LogP) is 4.55. The van der Waals surface area contributed by atoms with E-state index in [9.17, 15) is 4.79 Å². The average molecular weight is 381 g/mol. The summed E-state index contributed by atoms with van der Waals surface area (Å²) in [4.78, 5) is 19.0. The van der Waals surface area contributed by atoms with Crippen molar-refractivity contribution in [2.24, 2.45) is 5.92 Å². The number of nitrogens with zero attached hydrogens (tertiary/aromatic N) is 2. The number of carbonyl (C=O) groups excluding carboxylic acids is 1. The number of amides is 1. The van der Waals surface area contributed by atoms with Crippen LogP contribution in [0.2, 0.25) is 0 Å². The summed E-state index contributed by atoms with van der Waals surface area (Å²) in [6.07, 6.45) is 3.42. The van der Waals surface area contributed by atoms with Gasteiger partial charge in [-0.2, -0.15) is 0 Å². The third-order valence-electron chi connectivity index (χ3n) is 5.15. The number of aromatic nitrogens is 1. The number of benzene rings is 2. The van der Waals surface area contributed by atoms with E-state index in [1.54, 1.807) is 11.3 Å². The predicted molar refractivity (Wildman–Crippen MR) is 109 cm³/mol. The molecule has 140 valence electrons. The summed E-state index contributed by atoms with van der Waals surface area (Å²) in [6.45, 7) is 2.36. The van der Waals surface area contributed by atoms with Gasteiger partial charge in [-0.25, -0.2) is 4.98 Å². The Balaban J connectivity index is 1.21.